The molecule has 16 heavy (non-hydrogen) atoms. The van der Waals surface area contributed by atoms with Gasteiger partial charge in [-0.2, -0.15) is 0 Å². The van der Waals surface area contributed by atoms with Gasteiger partial charge in [-0.05, 0) is 0 Å². The molecule has 0 rings (SSSR count). The first-order valence-electron chi connectivity index (χ1n) is 4.18. The van der Waals surface area contributed by atoms with E-state index in [0.717, 1.165) is 12.5 Å². The lowest BCUT2D eigenvalue weighted by atomic mass is 10.3. The average Bonchev–Trinajstić information content (AvgIpc) is 2.07. The molecule has 0 saturated heterocycles. The molecule has 0 heterocycles. The summed E-state index contributed by atoms with van der Waals surface area (Å²) in [7, 11) is -6.66. The first kappa shape index (κ1) is 16.4. The highest BCUT2D eigenvalue weighted by Crippen LogP contribution is 2.08. The standard InChI is InChI=1S/C6H14Cl2N2O4S2/c1-15(11,12)9-3-5(7)6(8)4-10-16(2,13)14/h5-6,9-10H,3-4H2,1-2H3/t5-,6-/m1/s1. The second kappa shape index (κ2) is 6.36. The van der Waals surface area contributed by atoms with Gasteiger partial charge in [0.15, 0.2) is 0 Å². The number of nitrogens with one attached hydrogen (secondary N) is 2. The van der Waals surface area contributed by atoms with E-state index in [1.165, 1.54) is 0 Å². The van der Waals surface area contributed by atoms with E-state index in [0.29, 0.717) is 0 Å². The molecule has 0 aliphatic carbocycles. The Bertz CT molecular complexity index is 368. The van der Waals surface area contributed by atoms with Crippen LogP contribution in [0.25, 0.3) is 0 Å². The van der Waals surface area contributed by atoms with Crippen molar-refractivity contribution in [3.05, 3.63) is 0 Å². The molecule has 98 valence electrons. The van der Waals surface area contributed by atoms with Gasteiger partial charge in [0.1, 0.15) is 0 Å². The lowest BCUT2D eigenvalue weighted by Gasteiger charge is -2.16. The van der Waals surface area contributed by atoms with E-state index in [2.05, 4.69) is 9.44 Å². The molecule has 0 aromatic carbocycles. The van der Waals surface area contributed by atoms with Gasteiger partial charge < -0.3 is 0 Å². The van der Waals surface area contributed by atoms with E-state index < -0.39 is 30.8 Å². The highest BCUT2D eigenvalue weighted by Gasteiger charge is 2.19. The van der Waals surface area contributed by atoms with Crippen molar-refractivity contribution in [1.29, 1.82) is 0 Å². The third-order valence-corrected chi connectivity index (χ3v) is 3.90. The summed E-state index contributed by atoms with van der Waals surface area (Å²) in [5.41, 5.74) is 0. The molecule has 2 atom stereocenters. The SMILES string of the molecule is CS(=O)(=O)NC[C@@H](Cl)[C@H](Cl)CNS(C)(=O)=O. The zero-order valence-electron chi connectivity index (χ0n) is 8.77. The van der Waals surface area contributed by atoms with Gasteiger partial charge in [-0.25, -0.2) is 26.3 Å². The van der Waals surface area contributed by atoms with E-state index in [9.17, 15) is 16.8 Å². The topological polar surface area (TPSA) is 92.3 Å². The maximum Gasteiger partial charge on any atom is 0.208 e. The predicted octanol–water partition coefficient (Wildman–Crippen LogP) is -0.700. The fourth-order valence-electron chi connectivity index (χ4n) is 0.718. The predicted molar refractivity (Wildman–Crippen MR) is 65.0 cm³/mol. The van der Waals surface area contributed by atoms with Crippen molar-refractivity contribution >= 4 is 43.2 Å². The summed E-state index contributed by atoms with van der Waals surface area (Å²) in [6.45, 7) is -0.111. The average molecular weight is 313 g/mol. The van der Waals surface area contributed by atoms with Gasteiger partial charge in [0.2, 0.25) is 20.0 Å². The number of rotatable bonds is 7. The molecule has 0 unspecified atom stereocenters. The van der Waals surface area contributed by atoms with Gasteiger partial charge in [0.25, 0.3) is 0 Å². The summed E-state index contributed by atoms with van der Waals surface area (Å²) in [4.78, 5) is 0. The molecule has 0 fully saturated rings. The van der Waals surface area contributed by atoms with Crippen LogP contribution in [0, 0.1) is 0 Å². The van der Waals surface area contributed by atoms with Gasteiger partial charge in [0.05, 0.1) is 23.3 Å². The van der Waals surface area contributed by atoms with Crippen molar-refractivity contribution in [2.45, 2.75) is 10.8 Å². The maximum absolute atomic E-state index is 10.8. The number of sulfonamides is 2. The third-order valence-electron chi connectivity index (χ3n) is 1.47. The number of hydrogen-bond acceptors (Lipinski definition) is 4. The molecule has 0 amide bonds. The Hall–Kier alpha value is 0.400. The normalized spacial score (nSPS) is 17.0. The summed E-state index contributed by atoms with van der Waals surface area (Å²) < 4.78 is 47.4. The molecule has 2 N–H and O–H groups in total. The van der Waals surface area contributed by atoms with Crippen LogP contribution in [0.5, 0.6) is 0 Å². The molecule has 6 nitrogen and oxygen atoms in total. The fourth-order valence-corrected chi connectivity index (χ4v) is 2.20. The van der Waals surface area contributed by atoms with E-state index in [-0.39, 0.29) is 13.1 Å². The summed E-state index contributed by atoms with van der Waals surface area (Å²) >= 11 is 11.5. The zero-order chi connectivity index (χ0) is 13.0. The van der Waals surface area contributed by atoms with Crippen molar-refractivity contribution in [3.8, 4) is 0 Å². The Balaban J connectivity index is 4.05. The Morgan fingerprint density at radius 2 is 1.12 bits per heavy atom. The number of halogens is 2. The van der Waals surface area contributed by atoms with E-state index in [1.807, 2.05) is 0 Å². The minimum atomic E-state index is -3.33. The van der Waals surface area contributed by atoms with Crippen LogP contribution in [0.2, 0.25) is 0 Å². The van der Waals surface area contributed by atoms with Crippen LogP contribution in [0.15, 0.2) is 0 Å². The number of alkyl halides is 2. The highest BCUT2D eigenvalue weighted by atomic mass is 35.5. The zero-order valence-corrected chi connectivity index (χ0v) is 11.9. The second-order valence-electron chi connectivity index (χ2n) is 3.27. The Labute approximate surface area is 106 Å². The Morgan fingerprint density at radius 1 is 0.875 bits per heavy atom. The second-order valence-corrected chi connectivity index (χ2v) is 8.06. The number of hydrogen-bond donors (Lipinski definition) is 2. The third kappa shape index (κ3) is 9.61. The fraction of sp³-hybridized carbons (Fsp3) is 1.00. The minimum Gasteiger partial charge on any atom is -0.214 e. The molecule has 0 saturated carbocycles. The molecule has 0 aromatic heterocycles. The molecule has 0 aromatic rings. The van der Waals surface area contributed by atoms with Crippen molar-refractivity contribution in [3.63, 3.8) is 0 Å². The van der Waals surface area contributed by atoms with E-state index in [4.69, 9.17) is 23.2 Å². The lowest BCUT2D eigenvalue weighted by molar-refractivity contribution is 0.575. The molecular weight excluding hydrogens is 299 g/mol. The highest BCUT2D eigenvalue weighted by molar-refractivity contribution is 7.89. The molecular formula is C6H14Cl2N2O4S2. The lowest BCUT2D eigenvalue weighted by Crippen LogP contribution is -2.39. The van der Waals surface area contributed by atoms with Crippen molar-refractivity contribution in [1.82, 2.24) is 9.44 Å². The summed E-state index contributed by atoms with van der Waals surface area (Å²) in [6.07, 6.45) is 1.99. The van der Waals surface area contributed by atoms with Gasteiger partial charge in [0, 0.05) is 13.1 Å². The van der Waals surface area contributed by atoms with Gasteiger partial charge in [-0.1, -0.05) is 0 Å². The molecule has 10 heteroatoms. The monoisotopic (exact) mass is 312 g/mol. The quantitative estimate of drug-likeness (QED) is 0.608. The molecule has 0 spiro atoms. The smallest absolute Gasteiger partial charge is 0.208 e. The minimum absolute atomic E-state index is 0.0556. The first-order chi connectivity index (χ1) is 7.01. The molecule has 0 bridgehead atoms. The Morgan fingerprint density at radius 3 is 1.31 bits per heavy atom. The summed E-state index contributed by atoms with van der Waals surface area (Å²) in [5.74, 6) is 0. The van der Waals surface area contributed by atoms with Gasteiger partial charge in [-0.3, -0.25) is 0 Å². The van der Waals surface area contributed by atoms with Gasteiger partial charge in [-0.15, -0.1) is 23.2 Å². The van der Waals surface area contributed by atoms with Crippen LogP contribution in [-0.2, 0) is 20.0 Å². The molecule has 0 aliphatic heterocycles. The van der Waals surface area contributed by atoms with Crippen LogP contribution in [0.3, 0.4) is 0 Å². The largest absolute Gasteiger partial charge is 0.214 e. The van der Waals surface area contributed by atoms with Crippen molar-refractivity contribution < 1.29 is 16.8 Å². The van der Waals surface area contributed by atoms with E-state index >= 15 is 0 Å². The first-order valence-corrected chi connectivity index (χ1v) is 8.84. The van der Waals surface area contributed by atoms with Crippen LogP contribution >= 0.6 is 23.2 Å². The van der Waals surface area contributed by atoms with Crippen LogP contribution in [-0.4, -0.2) is 53.2 Å². The van der Waals surface area contributed by atoms with Crippen LogP contribution in [0.1, 0.15) is 0 Å². The van der Waals surface area contributed by atoms with Crippen LogP contribution in [0.4, 0.5) is 0 Å². The molecule has 0 radical (unpaired) electrons. The van der Waals surface area contributed by atoms with Gasteiger partial charge >= 0.3 is 0 Å². The summed E-state index contributed by atoms with van der Waals surface area (Å²) in [5, 5.41) is -1.41. The van der Waals surface area contributed by atoms with Crippen molar-refractivity contribution in [2.75, 3.05) is 25.6 Å². The molecule has 0 aliphatic rings. The maximum atomic E-state index is 10.8. The van der Waals surface area contributed by atoms with E-state index in [1.54, 1.807) is 0 Å². The van der Waals surface area contributed by atoms with Crippen LogP contribution < -0.4 is 9.44 Å². The Kier molecular flexibility index (Phi) is 6.52. The summed E-state index contributed by atoms with van der Waals surface area (Å²) in [6, 6.07) is 0. The van der Waals surface area contributed by atoms with Crippen molar-refractivity contribution in [2.24, 2.45) is 0 Å².